The van der Waals surface area contributed by atoms with Gasteiger partial charge in [0.1, 0.15) is 12.4 Å². The van der Waals surface area contributed by atoms with E-state index < -0.39 is 31.0 Å². The fourth-order valence-electron chi connectivity index (χ4n) is 2.48. The van der Waals surface area contributed by atoms with Crippen LogP contribution in [-0.4, -0.2) is 43.8 Å². The molecule has 0 aliphatic carbocycles. The Morgan fingerprint density at radius 1 is 1.00 bits per heavy atom. The lowest BCUT2D eigenvalue weighted by molar-refractivity contribution is -0.384. The highest BCUT2D eigenvalue weighted by atomic mass is 32.2. The standard InChI is InChI=1S/C17H17N7O7S2/c1-32(28,29)21-14-3-2-4-16(9-14)33(30,31)22-13-7-5-12(6-8-13)19-20-17(25)23-11-15(10-18-23)24(26)27/h2-11,19,21-22H,1H3,(H,20,25). The van der Waals surface area contributed by atoms with Crippen LogP contribution < -0.4 is 20.3 Å². The van der Waals surface area contributed by atoms with E-state index >= 15 is 0 Å². The van der Waals surface area contributed by atoms with E-state index in [2.05, 4.69) is 25.4 Å². The summed E-state index contributed by atoms with van der Waals surface area (Å²) in [5.41, 5.74) is 5.17. The molecule has 0 aliphatic rings. The van der Waals surface area contributed by atoms with Crippen LogP contribution in [0.3, 0.4) is 0 Å². The van der Waals surface area contributed by atoms with E-state index in [4.69, 9.17) is 0 Å². The minimum atomic E-state index is -4.01. The Morgan fingerprint density at radius 2 is 1.67 bits per heavy atom. The first-order chi connectivity index (χ1) is 15.4. The third kappa shape index (κ3) is 6.40. The van der Waals surface area contributed by atoms with Gasteiger partial charge in [-0.05, 0) is 42.5 Å². The van der Waals surface area contributed by atoms with E-state index in [-0.39, 0.29) is 22.0 Å². The average molecular weight is 495 g/mol. The van der Waals surface area contributed by atoms with Gasteiger partial charge in [0.25, 0.3) is 10.0 Å². The van der Waals surface area contributed by atoms with Crippen molar-refractivity contribution in [1.82, 2.24) is 15.2 Å². The van der Waals surface area contributed by atoms with Crippen LogP contribution >= 0.6 is 0 Å². The lowest BCUT2D eigenvalue weighted by Crippen LogP contribution is -2.33. The quantitative estimate of drug-likeness (QED) is 0.265. The number of carbonyl (C=O) groups is 1. The number of sulfonamides is 2. The van der Waals surface area contributed by atoms with Crippen LogP contribution in [0.15, 0.2) is 65.8 Å². The molecule has 0 bridgehead atoms. The van der Waals surface area contributed by atoms with Crippen LogP contribution in [0.5, 0.6) is 0 Å². The summed E-state index contributed by atoms with van der Waals surface area (Å²) in [5, 5.41) is 14.2. The molecule has 3 aromatic rings. The number of aromatic nitrogens is 2. The average Bonchev–Trinajstić information content (AvgIpc) is 3.23. The fraction of sp³-hybridized carbons (Fsp3) is 0.0588. The number of anilines is 3. The van der Waals surface area contributed by atoms with Gasteiger partial charge in [-0.25, -0.2) is 27.1 Å². The van der Waals surface area contributed by atoms with Crippen molar-refractivity contribution in [2.45, 2.75) is 4.90 Å². The SMILES string of the molecule is CS(=O)(=O)Nc1cccc(S(=O)(=O)Nc2ccc(NNC(=O)n3cc([N+](=O)[O-])cn3)cc2)c1. The molecule has 14 nitrogen and oxygen atoms in total. The zero-order valence-corrected chi connectivity index (χ0v) is 18.4. The van der Waals surface area contributed by atoms with Crippen molar-refractivity contribution in [2.24, 2.45) is 0 Å². The van der Waals surface area contributed by atoms with Crippen LogP contribution in [-0.2, 0) is 20.0 Å². The first-order valence-electron chi connectivity index (χ1n) is 8.89. The molecule has 0 radical (unpaired) electrons. The Balaban J connectivity index is 1.63. The number of nitrogens with one attached hydrogen (secondary N) is 4. The highest BCUT2D eigenvalue weighted by Crippen LogP contribution is 2.21. The number of hydrogen-bond acceptors (Lipinski definition) is 9. The molecule has 0 spiro atoms. The van der Waals surface area contributed by atoms with Crippen LogP contribution in [0.4, 0.5) is 27.5 Å². The second kappa shape index (κ2) is 9.13. The molecule has 0 saturated carbocycles. The van der Waals surface area contributed by atoms with E-state index in [1.165, 1.54) is 48.5 Å². The predicted molar refractivity (Wildman–Crippen MR) is 119 cm³/mol. The maximum Gasteiger partial charge on any atom is 0.360 e. The predicted octanol–water partition coefficient (Wildman–Crippen LogP) is 1.55. The van der Waals surface area contributed by atoms with Gasteiger partial charge >= 0.3 is 11.7 Å². The summed E-state index contributed by atoms with van der Waals surface area (Å²) < 4.78 is 53.2. The maximum atomic E-state index is 12.6. The third-order valence-corrected chi connectivity index (χ3v) is 5.87. The summed E-state index contributed by atoms with van der Waals surface area (Å²) in [6.07, 6.45) is 2.81. The number of hydrazine groups is 1. The van der Waals surface area contributed by atoms with Gasteiger partial charge in [0.15, 0.2) is 0 Å². The lowest BCUT2D eigenvalue weighted by Gasteiger charge is -2.11. The molecule has 0 aliphatic heterocycles. The Bertz CT molecular complexity index is 1400. The molecule has 3 rings (SSSR count). The van der Waals surface area contributed by atoms with Crippen molar-refractivity contribution in [3.63, 3.8) is 0 Å². The highest BCUT2D eigenvalue weighted by molar-refractivity contribution is 7.93. The number of benzene rings is 2. The smallest absolute Gasteiger partial charge is 0.297 e. The van der Waals surface area contributed by atoms with Gasteiger partial charge in [-0.3, -0.25) is 25.0 Å². The monoisotopic (exact) mass is 495 g/mol. The largest absolute Gasteiger partial charge is 0.360 e. The van der Waals surface area contributed by atoms with Crippen LogP contribution in [0.25, 0.3) is 0 Å². The van der Waals surface area contributed by atoms with Crippen LogP contribution in [0.1, 0.15) is 0 Å². The molecule has 174 valence electrons. The summed E-state index contributed by atoms with van der Waals surface area (Å²) in [6.45, 7) is 0. The molecule has 1 aromatic heterocycles. The third-order valence-electron chi connectivity index (χ3n) is 3.89. The zero-order chi connectivity index (χ0) is 24.2. The number of hydrogen-bond donors (Lipinski definition) is 4. The van der Waals surface area contributed by atoms with Gasteiger partial charge in [0.2, 0.25) is 10.0 Å². The summed E-state index contributed by atoms with van der Waals surface area (Å²) in [4.78, 5) is 21.7. The summed E-state index contributed by atoms with van der Waals surface area (Å²) >= 11 is 0. The first-order valence-corrected chi connectivity index (χ1v) is 12.3. The summed E-state index contributed by atoms with van der Waals surface area (Å²) in [5.74, 6) is 0. The molecule has 0 saturated heterocycles. The number of nitro groups is 1. The Hall–Kier alpha value is -4.18. The van der Waals surface area contributed by atoms with Gasteiger partial charge in [0, 0.05) is 11.4 Å². The summed E-state index contributed by atoms with van der Waals surface area (Å²) in [6, 6.07) is 10.3. The molecule has 2 aromatic carbocycles. The minimum Gasteiger partial charge on any atom is -0.297 e. The van der Waals surface area contributed by atoms with Crippen molar-refractivity contribution in [3.8, 4) is 0 Å². The molecule has 0 unspecified atom stereocenters. The van der Waals surface area contributed by atoms with Crippen molar-refractivity contribution in [1.29, 1.82) is 0 Å². The molecule has 16 heteroatoms. The molecule has 1 heterocycles. The minimum absolute atomic E-state index is 0.0955. The number of amides is 1. The zero-order valence-electron chi connectivity index (χ0n) is 16.8. The van der Waals surface area contributed by atoms with Gasteiger partial charge in [-0.15, -0.1) is 0 Å². The van der Waals surface area contributed by atoms with Crippen molar-refractivity contribution in [3.05, 3.63) is 71.0 Å². The Labute approximate surface area is 187 Å². The van der Waals surface area contributed by atoms with E-state index in [9.17, 15) is 31.7 Å². The van der Waals surface area contributed by atoms with Gasteiger partial charge in [-0.2, -0.15) is 9.78 Å². The van der Waals surface area contributed by atoms with E-state index in [0.29, 0.717) is 5.69 Å². The fourth-order valence-corrected chi connectivity index (χ4v) is 4.14. The second-order valence-corrected chi connectivity index (χ2v) is 9.97. The second-order valence-electron chi connectivity index (χ2n) is 6.54. The van der Waals surface area contributed by atoms with Crippen molar-refractivity contribution >= 4 is 48.8 Å². The molecular weight excluding hydrogens is 478 g/mol. The number of carbonyl (C=O) groups excluding carboxylic acids is 1. The highest BCUT2D eigenvalue weighted by Gasteiger charge is 2.16. The van der Waals surface area contributed by atoms with Crippen molar-refractivity contribution in [2.75, 3.05) is 21.1 Å². The maximum absolute atomic E-state index is 12.6. The van der Waals surface area contributed by atoms with E-state index in [1.54, 1.807) is 0 Å². The Kier molecular flexibility index (Phi) is 6.50. The van der Waals surface area contributed by atoms with E-state index in [1.807, 2.05) is 0 Å². The molecular formula is C17H17N7O7S2. The molecule has 0 fully saturated rings. The molecule has 0 atom stereocenters. The van der Waals surface area contributed by atoms with Crippen molar-refractivity contribution < 1.29 is 26.6 Å². The van der Waals surface area contributed by atoms with Gasteiger partial charge in [-0.1, -0.05) is 6.07 Å². The van der Waals surface area contributed by atoms with Gasteiger partial charge < -0.3 is 0 Å². The number of nitrogens with zero attached hydrogens (tertiary/aromatic N) is 3. The van der Waals surface area contributed by atoms with E-state index in [0.717, 1.165) is 23.3 Å². The summed E-state index contributed by atoms with van der Waals surface area (Å²) in [7, 11) is -7.58. The molecule has 1 amide bonds. The molecule has 33 heavy (non-hydrogen) atoms. The lowest BCUT2D eigenvalue weighted by atomic mass is 10.3. The topological polar surface area (TPSA) is 194 Å². The van der Waals surface area contributed by atoms with Crippen LogP contribution in [0.2, 0.25) is 0 Å². The molecule has 4 N–H and O–H groups in total. The normalized spacial score (nSPS) is 11.4. The Morgan fingerprint density at radius 3 is 2.27 bits per heavy atom. The van der Waals surface area contributed by atoms with Crippen LogP contribution in [0, 0.1) is 10.1 Å². The number of rotatable bonds is 8. The van der Waals surface area contributed by atoms with Gasteiger partial charge in [0.05, 0.1) is 21.8 Å². The first kappa shape index (κ1) is 23.5.